The van der Waals surface area contributed by atoms with Gasteiger partial charge in [-0.2, -0.15) is 11.8 Å². The minimum Gasteiger partial charge on any atom is -0.376 e. The SMILES string of the molecule is CN=C(NCC(C)(C)SC)N1CCC(OCC2CCCCO2)CC1. The van der Waals surface area contributed by atoms with Gasteiger partial charge >= 0.3 is 0 Å². The Kier molecular flexibility index (Phi) is 8.17. The third-order valence-electron chi connectivity index (χ3n) is 4.97. The van der Waals surface area contributed by atoms with Crippen molar-refractivity contribution in [3.8, 4) is 0 Å². The van der Waals surface area contributed by atoms with Crippen LogP contribution in [-0.4, -0.2) is 74.0 Å². The molecule has 0 bridgehead atoms. The first-order chi connectivity index (χ1) is 11.5. The molecule has 0 aliphatic carbocycles. The van der Waals surface area contributed by atoms with Crippen molar-refractivity contribution in [1.29, 1.82) is 0 Å². The van der Waals surface area contributed by atoms with E-state index < -0.39 is 0 Å². The molecule has 2 aliphatic rings. The highest BCUT2D eigenvalue weighted by Gasteiger charge is 2.25. The zero-order valence-electron chi connectivity index (χ0n) is 15.8. The molecule has 2 saturated heterocycles. The Morgan fingerprint density at radius 3 is 2.62 bits per heavy atom. The molecule has 1 N–H and O–H groups in total. The second-order valence-electron chi connectivity index (χ2n) is 7.37. The highest BCUT2D eigenvalue weighted by molar-refractivity contribution is 7.99. The molecule has 24 heavy (non-hydrogen) atoms. The number of rotatable bonds is 6. The molecule has 140 valence electrons. The van der Waals surface area contributed by atoms with Crippen molar-refractivity contribution in [3.63, 3.8) is 0 Å². The third-order valence-corrected chi connectivity index (χ3v) is 6.22. The maximum Gasteiger partial charge on any atom is 0.193 e. The molecule has 2 fully saturated rings. The number of aliphatic imine (C=N–C) groups is 1. The van der Waals surface area contributed by atoms with Gasteiger partial charge in [-0.15, -0.1) is 0 Å². The van der Waals surface area contributed by atoms with Gasteiger partial charge in [0.15, 0.2) is 5.96 Å². The van der Waals surface area contributed by atoms with Crippen molar-refractivity contribution in [1.82, 2.24) is 10.2 Å². The monoisotopic (exact) mass is 357 g/mol. The molecule has 0 radical (unpaired) electrons. The van der Waals surface area contributed by atoms with E-state index in [-0.39, 0.29) is 4.75 Å². The zero-order valence-corrected chi connectivity index (χ0v) is 16.7. The van der Waals surface area contributed by atoms with E-state index in [2.05, 4.69) is 35.3 Å². The van der Waals surface area contributed by atoms with Crippen LogP contribution < -0.4 is 5.32 Å². The van der Waals surface area contributed by atoms with Gasteiger partial charge in [0.05, 0.1) is 18.8 Å². The van der Waals surface area contributed by atoms with Crippen LogP contribution in [0.3, 0.4) is 0 Å². The second kappa shape index (κ2) is 9.88. The lowest BCUT2D eigenvalue weighted by atomic mass is 10.1. The Balaban J connectivity index is 1.68. The summed E-state index contributed by atoms with van der Waals surface area (Å²) in [6.07, 6.45) is 8.62. The van der Waals surface area contributed by atoms with Crippen LogP contribution in [0.25, 0.3) is 0 Å². The van der Waals surface area contributed by atoms with Crippen LogP contribution in [0.5, 0.6) is 0 Å². The Hall–Kier alpha value is -0.460. The number of piperidine rings is 1. The molecule has 2 aliphatic heterocycles. The number of guanidine groups is 1. The van der Waals surface area contributed by atoms with Crippen molar-refractivity contribution in [2.75, 3.05) is 46.2 Å². The van der Waals surface area contributed by atoms with Crippen molar-refractivity contribution in [3.05, 3.63) is 0 Å². The van der Waals surface area contributed by atoms with E-state index in [1.165, 1.54) is 12.8 Å². The van der Waals surface area contributed by atoms with Crippen LogP contribution in [0.4, 0.5) is 0 Å². The molecule has 0 aromatic rings. The maximum atomic E-state index is 6.10. The van der Waals surface area contributed by atoms with Crippen LogP contribution in [-0.2, 0) is 9.47 Å². The summed E-state index contributed by atoms with van der Waals surface area (Å²) in [5.74, 6) is 1.02. The lowest BCUT2D eigenvalue weighted by molar-refractivity contribution is -0.0721. The van der Waals surface area contributed by atoms with E-state index in [0.29, 0.717) is 12.2 Å². The summed E-state index contributed by atoms with van der Waals surface area (Å²) in [6.45, 7) is 9.12. The zero-order chi connectivity index (χ0) is 17.4. The van der Waals surface area contributed by atoms with E-state index in [1.54, 1.807) is 0 Å². The number of ether oxygens (including phenoxy) is 2. The minimum absolute atomic E-state index is 0.220. The molecular formula is C18H35N3O2S. The molecule has 2 heterocycles. The molecule has 0 spiro atoms. The Bertz CT molecular complexity index is 390. The van der Waals surface area contributed by atoms with Crippen LogP contribution >= 0.6 is 11.8 Å². The fourth-order valence-corrected chi connectivity index (χ4v) is 3.33. The first-order valence-electron chi connectivity index (χ1n) is 9.28. The summed E-state index contributed by atoms with van der Waals surface area (Å²) in [6, 6.07) is 0. The number of hydrogen-bond acceptors (Lipinski definition) is 4. The van der Waals surface area contributed by atoms with Crippen molar-refractivity contribution in [2.45, 2.75) is 62.9 Å². The number of likely N-dealkylation sites (tertiary alicyclic amines) is 1. The Morgan fingerprint density at radius 2 is 2.04 bits per heavy atom. The fraction of sp³-hybridized carbons (Fsp3) is 0.944. The largest absolute Gasteiger partial charge is 0.376 e. The molecule has 5 nitrogen and oxygen atoms in total. The van der Waals surface area contributed by atoms with Crippen LogP contribution in [0.1, 0.15) is 46.0 Å². The Labute approximate surface area is 151 Å². The molecule has 0 aromatic heterocycles. The molecule has 6 heteroatoms. The van der Waals surface area contributed by atoms with Gasteiger partial charge in [0, 0.05) is 38.0 Å². The van der Waals surface area contributed by atoms with Gasteiger partial charge in [-0.1, -0.05) is 0 Å². The predicted molar refractivity (Wildman–Crippen MR) is 103 cm³/mol. The molecule has 1 atom stereocenters. The maximum absolute atomic E-state index is 6.10. The van der Waals surface area contributed by atoms with Gasteiger partial charge < -0.3 is 19.7 Å². The highest BCUT2D eigenvalue weighted by Crippen LogP contribution is 2.20. The first kappa shape index (κ1) is 19.9. The van der Waals surface area contributed by atoms with E-state index in [4.69, 9.17) is 9.47 Å². The Morgan fingerprint density at radius 1 is 1.29 bits per heavy atom. The second-order valence-corrected chi connectivity index (χ2v) is 8.89. The normalized spacial score (nSPS) is 24.2. The first-order valence-corrected chi connectivity index (χ1v) is 10.5. The van der Waals surface area contributed by atoms with Crippen LogP contribution in [0.2, 0.25) is 0 Å². The third kappa shape index (κ3) is 6.45. The van der Waals surface area contributed by atoms with Gasteiger partial charge in [0.2, 0.25) is 0 Å². The topological polar surface area (TPSA) is 46.1 Å². The molecule has 0 aromatic carbocycles. The average molecular weight is 358 g/mol. The minimum atomic E-state index is 0.220. The number of nitrogens with zero attached hydrogens (tertiary/aromatic N) is 2. The average Bonchev–Trinajstić information content (AvgIpc) is 2.62. The highest BCUT2D eigenvalue weighted by atomic mass is 32.2. The number of nitrogens with one attached hydrogen (secondary N) is 1. The summed E-state index contributed by atoms with van der Waals surface area (Å²) < 4.78 is 12.1. The standard InChI is InChI=1S/C18H35N3O2S/c1-18(2,24-4)14-20-17(19-3)21-10-8-15(9-11-21)23-13-16-7-5-6-12-22-16/h15-16H,5-14H2,1-4H3,(H,19,20). The van der Waals surface area contributed by atoms with Gasteiger partial charge in [-0.3, -0.25) is 4.99 Å². The van der Waals surface area contributed by atoms with Crippen LogP contribution in [0, 0.1) is 0 Å². The number of hydrogen-bond donors (Lipinski definition) is 1. The molecule has 0 saturated carbocycles. The molecular weight excluding hydrogens is 322 g/mol. The van der Waals surface area contributed by atoms with E-state index in [0.717, 1.165) is 58.1 Å². The molecule has 0 amide bonds. The molecule has 2 rings (SSSR count). The summed E-state index contributed by atoms with van der Waals surface area (Å²) in [7, 11) is 1.87. The van der Waals surface area contributed by atoms with Gasteiger partial charge in [-0.25, -0.2) is 0 Å². The van der Waals surface area contributed by atoms with Gasteiger partial charge in [0.25, 0.3) is 0 Å². The fourth-order valence-electron chi connectivity index (χ4n) is 3.11. The van der Waals surface area contributed by atoms with Gasteiger partial charge in [0.1, 0.15) is 0 Å². The summed E-state index contributed by atoms with van der Waals surface area (Å²) in [4.78, 5) is 6.81. The van der Waals surface area contributed by atoms with E-state index in [9.17, 15) is 0 Å². The smallest absolute Gasteiger partial charge is 0.193 e. The lowest BCUT2D eigenvalue weighted by Crippen LogP contribution is -2.49. The van der Waals surface area contributed by atoms with E-state index in [1.807, 2.05) is 18.8 Å². The van der Waals surface area contributed by atoms with Crippen molar-refractivity contribution < 1.29 is 9.47 Å². The van der Waals surface area contributed by atoms with Crippen LogP contribution in [0.15, 0.2) is 4.99 Å². The quantitative estimate of drug-likeness (QED) is 0.585. The van der Waals surface area contributed by atoms with Crippen molar-refractivity contribution >= 4 is 17.7 Å². The summed E-state index contributed by atoms with van der Waals surface area (Å²) in [5, 5.41) is 3.52. The predicted octanol–water partition coefficient (Wildman–Crippen LogP) is 2.75. The van der Waals surface area contributed by atoms with E-state index >= 15 is 0 Å². The summed E-state index contributed by atoms with van der Waals surface area (Å²) >= 11 is 1.88. The van der Waals surface area contributed by atoms with Gasteiger partial charge in [-0.05, 0) is 52.2 Å². The van der Waals surface area contributed by atoms with Crippen molar-refractivity contribution in [2.24, 2.45) is 4.99 Å². The molecule has 1 unspecified atom stereocenters. The number of thioether (sulfide) groups is 1. The summed E-state index contributed by atoms with van der Waals surface area (Å²) in [5.41, 5.74) is 0. The lowest BCUT2D eigenvalue weighted by Gasteiger charge is -2.36.